The van der Waals surface area contributed by atoms with Crippen molar-refractivity contribution in [2.45, 2.75) is 17.9 Å². The third-order valence-electron chi connectivity index (χ3n) is 7.71. The Hall–Kier alpha value is -4.86. The van der Waals surface area contributed by atoms with Crippen molar-refractivity contribution in [3.63, 3.8) is 0 Å². The van der Waals surface area contributed by atoms with Crippen LogP contribution in [0, 0.1) is 0 Å². The number of fused-ring (bicyclic) bond motifs is 3. The average Bonchev–Trinajstić information content (AvgIpc) is 3.75. The number of rotatable bonds is 11. The van der Waals surface area contributed by atoms with E-state index < -0.39 is 11.1 Å². The summed E-state index contributed by atoms with van der Waals surface area (Å²) in [5.41, 5.74) is 7.16. The van der Waals surface area contributed by atoms with Crippen LogP contribution >= 0.6 is 11.9 Å². The van der Waals surface area contributed by atoms with E-state index in [1.807, 2.05) is 79.3 Å². The van der Waals surface area contributed by atoms with Crippen molar-refractivity contribution in [1.29, 1.82) is 0 Å². The predicted octanol–water partition coefficient (Wildman–Crippen LogP) is 8.52. The molecule has 1 unspecified atom stereocenters. The molecule has 1 N–H and O–H groups in total. The van der Waals surface area contributed by atoms with E-state index in [0.717, 1.165) is 68.6 Å². The lowest BCUT2D eigenvalue weighted by Crippen LogP contribution is -2.08. The number of benzene rings is 4. The van der Waals surface area contributed by atoms with Gasteiger partial charge in [0.05, 0.1) is 11.2 Å². The minimum Gasteiger partial charge on any atom is -0.397 e. The van der Waals surface area contributed by atoms with Crippen molar-refractivity contribution in [2.75, 3.05) is 17.1 Å². The second kappa shape index (κ2) is 13.0. The largest absolute Gasteiger partial charge is 0.397 e. The lowest BCUT2D eigenvalue weighted by Gasteiger charge is -2.19. The van der Waals surface area contributed by atoms with Gasteiger partial charge in [-0.1, -0.05) is 72.6 Å². The second-order valence-corrected chi connectivity index (χ2v) is 13.0. The zero-order chi connectivity index (χ0) is 30.6. The Morgan fingerprint density at radius 2 is 1.71 bits per heavy atom. The first-order valence-electron chi connectivity index (χ1n) is 14.7. The van der Waals surface area contributed by atoms with Crippen LogP contribution in [-0.2, 0) is 17.6 Å². The van der Waals surface area contributed by atoms with Gasteiger partial charge in [0.1, 0.15) is 11.4 Å². The van der Waals surface area contributed by atoms with Crippen molar-refractivity contribution in [2.24, 2.45) is 0 Å². The molecule has 0 spiro atoms. The smallest absolute Gasteiger partial charge is 0.240 e. The fourth-order valence-corrected chi connectivity index (χ4v) is 7.03. The van der Waals surface area contributed by atoms with Crippen molar-refractivity contribution in [3.8, 4) is 28.0 Å². The van der Waals surface area contributed by atoms with Gasteiger partial charge in [-0.25, -0.2) is 14.2 Å². The minimum atomic E-state index is -1.63. The van der Waals surface area contributed by atoms with Crippen molar-refractivity contribution in [3.05, 3.63) is 128 Å². The Morgan fingerprint density at radius 1 is 0.933 bits per heavy atom. The van der Waals surface area contributed by atoms with E-state index >= 15 is 0 Å². The number of imidazole rings is 1. The quantitative estimate of drug-likeness (QED) is 0.114. The molecule has 0 aliphatic carbocycles. The van der Waals surface area contributed by atoms with E-state index in [4.69, 9.17) is 9.17 Å². The molecule has 7 rings (SSSR count). The maximum atomic E-state index is 12.9. The van der Waals surface area contributed by atoms with Crippen LogP contribution in [0.2, 0.25) is 0 Å². The molecule has 9 heteroatoms. The molecule has 45 heavy (non-hydrogen) atoms. The molecule has 7 nitrogen and oxygen atoms in total. The maximum Gasteiger partial charge on any atom is 0.240 e. The summed E-state index contributed by atoms with van der Waals surface area (Å²) in [5.74, 6) is 1.55. The fraction of sp³-hybridized carbons (Fsp3) is 0.111. The van der Waals surface area contributed by atoms with Crippen LogP contribution in [-0.4, -0.2) is 36.5 Å². The molecule has 0 saturated carbocycles. The van der Waals surface area contributed by atoms with E-state index in [9.17, 15) is 4.21 Å². The van der Waals surface area contributed by atoms with Gasteiger partial charge in [-0.2, -0.15) is 0 Å². The molecule has 0 aliphatic rings. The van der Waals surface area contributed by atoms with E-state index in [0.29, 0.717) is 10.6 Å². The zero-order valence-corrected chi connectivity index (χ0v) is 26.3. The third-order valence-corrected chi connectivity index (χ3v) is 9.78. The molecule has 0 fully saturated rings. The number of nitrogens with zero attached hydrogens (tertiary/aromatic N) is 4. The Balaban J connectivity index is 1.22. The first-order valence-corrected chi connectivity index (χ1v) is 16.7. The zero-order valence-electron chi connectivity index (χ0n) is 24.7. The number of aromatic amines is 1. The Morgan fingerprint density at radius 3 is 2.47 bits per heavy atom. The normalized spacial score (nSPS) is 12.0. The lowest BCUT2D eigenvalue weighted by molar-refractivity contribution is 0.562. The highest BCUT2D eigenvalue weighted by molar-refractivity contribution is 8.00. The van der Waals surface area contributed by atoms with Crippen LogP contribution in [0.25, 0.3) is 44.2 Å². The summed E-state index contributed by atoms with van der Waals surface area (Å²) >= 11 is 0.185. The van der Waals surface area contributed by atoms with Gasteiger partial charge in [0.2, 0.25) is 11.1 Å². The first-order chi connectivity index (χ1) is 22.1. The summed E-state index contributed by atoms with van der Waals surface area (Å²) in [4.78, 5) is 13.1. The SMILES string of the molecule is CN(SCCCn1ccnc1)c1ccc(-c2cnc3[nH]c4ccc(OS(=O)c5ccccc5)cc4c3c2-c2ccccc2)cc1. The number of pyridine rings is 1. The van der Waals surface area contributed by atoms with Crippen LogP contribution in [0.15, 0.2) is 133 Å². The maximum absolute atomic E-state index is 12.9. The molecule has 0 bridgehead atoms. The molecule has 0 radical (unpaired) electrons. The molecular formula is C36H31N5O2S2. The topological polar surface area (TPSA) is 76.0 Å². The van der Waals surface area contributed by atoms with Gasteiger partial charge < -0.3 is 18.0 Å². The molecule has 1 atom stereocenters. The number of H-pyrrole nitrogens is 1. The molecule has 7 aromatic rings. The number of hydrogen-bond donors (Lipinski definition) is 1. The van der Waals surface area contributed by atoms with Gasteiger partial charge in [-0.05, 0) is 60.0 Å². The fourth-order valence-electron chi connectivity index (χ4n) is 5.47. The Kier molecular flexibility index (Phi) is 8.35. The highest BCUT2D eigenvalue weighted by Gasteiger charge is 2.18. The Labute approximate surface area is 268 Å². The molecular weight excluding hydrogens is 599 g/mol. The highest BCUT2D eigenvalue weighted by atomic mass is 32.2. The summed E-state index contributed by atoms with van der Waals surface area (Å²) in [5, 5.41) is 1.96. The average molecular weight is 630 g/mol. The lowest BCUT2D eigenvalue weighted by atomic mass is 9.92. The number of nitrogens with one attached hydrogen (secondary N) is 1. The van der Waals surface area contributed by atoms with Gasteiger partial charge in [-0.15, -0.1) is 0 Å². The van der Waals surface area contributed by atoms with Crippen LogP contribution in [0.3, 0.4) is 0 Å². The monoisotopic (exact) mass is 629 g/mol. The number of aromatic nitrogens is 4. The van der Waals surface area contributed by atoms with E-state index in [-0.39, 0.29) is 0 Å². The molecule has 3 heterocycles. The van der Waals surface area contributed by atoms with Crippen molar-refractivity contribution in [1.82, 2.24) is 19.5 Å². The van der Waals surface area contributed by atoms with E-state index in [2.05, 4.69) is 74.4 Å². The van der Waals surface area contributed by atoms with Crippen LogP contribution in [0.5, 0.6) is 5.75 Å². The van der Waals surface area contributed by atoms with Gasteiger partial charge in [-0.3, -0.25) is 0 Å². The summed E-state index contributed by atoms with van der Waals surface area (Å²) in [7, 11) is 2.11. The van der Waals surface area contributed by atoms with Crippen LogP contribution < -0.4 is 8.49 Å². The van der Waals surface area contributed by atoms with E-state index in [1.165, 1.54) is 0 Å². The predicted molar refractivity (Wildman–Crippen MR) is 186 cm³/mol. The van der Waals surface area contributed by atoms with Crippen molar-refractivity contribution >= 4 is 50.7 Å². The van der Waals surface area contributed by atoms with Crippen LogP contribution in [0.4, 0.5) is 5.69 Å². The Bertz CT molecular complexity index is 2060. The summed E-state index contributed by atoms with van der Waals surface area (Å²) in [6, 6.07) is 34.0. The van der Waals surface area contributed by atoms with Crippen molar-refractivity contribution < 1.29 is 8.39 Å². The van der Waals surface area contributed by atoms with Gasteiger partial charge in [0.15, 0.2) is 0 Å². The first kappa shape index (κ1) is 28.9. The summed E-state index contributed by atoms with van der Waals surface area (Å²) in [6.45, 7) is 0.962. The van der Waals surface area contributed by atoms with Crippen LogP contribution in [0.1, 0.15) is 6.42 Å². The van der Waals surface area contributed by atoms with Gasteiger partial charge >= 0.3 is 0 Å². The number of anilines is 1. The summed E-state index contributed by atoms with van der Waals surface area (Å²) < 4.78 is 23.2. The molecule has 3 aromatic heterocycles. The standard InChI is InChI=1S/C36H31N5O2S2/c1-40(44-22-8-20-41-21-19-37-25-41)28-15-13-26(14-16-28)32-24-38-36-35(34(32)27-9-4-2-5-10-27)31-23-29(17-18-33(31)39-36)43-45(42)30-11-6-3-7-12-30/h2-7,9-19,21,23-25H,8,20,22H2,1H3,(H,38,39). The highest BCUT2D eigenvalue weighted by Crippen LogP contribution is 2.41. The molecule has 224 valence electrons. The molecule has 0 amide bonds. The molecule has 0 saturated heterocycles. The third kappa shape index (κ3) is 6.22. The van der Waals surface area contributed by atoms with Gasteiger partial charge in [0.25, 0.3) is 0 Å². The minimum absolute atomic E-state index is 0.532. The molecule has 0 aliphatic heterocycles. The van der Waals surface area contributed by atoms with Gasteiger partial charge in [0, 0.05) is 71.0 Å². The molecule has 4 aromatic carbocycles. The second-order valence-electron chi connectivity index (χ2n) is 10.6. The number of aryl methyl sites for hydroxylation is 1. The number of hydrogen-bond acceptors (Lipinski definition) is 6. The summed E-state index contributed by atoms with van der Waals surface area (Å²) in [6.07, 6.45) is 8.69. The van der Waals surface area contributed by atoms with E-state index in [1.54, 1.807) is 12.1 Å².